The standard InChI is InChI=1S/C63H42N4.C45H38BN3O2.C24H16BrN/c1-6-18-43(19-7-1)49-32-34-59-57(41-49)58-42-50(33-35-60(58)67(59)56-30-14-5-15-31-56)47-26-16-28-51(36-47)62-64-61(46-24-12-4-13-25-46)65-63(66-62)52-29-17-27-48(37-52)55-39-53(44-20-8-2-9-21-44)38-54(40-55)45-22-10-3-11-23-45;1-44(2)45(3,4)51-46(50-44)40-25-15-24-36(30-40)43-48-41(33-20-12-7-13-21-33)47-42(49-43)35-23-14-22-34(26-35)39-28-37(31-16-8-5-9-17-31)27-38(29-39)32-18-10-6-11-19-32;25-19-12-14-24-22(16-19)21-15-18(17-7-3-1-4-8-17)11-13-23(21)26(24)20-9-5-2-6-10-20/h1-42H;5-30H,1-4H3;1-16H. The normalized spacial score (nSPS) is 12.5. The van der Waals surface area contributed by atoms with Crippen molar-refractivity contribution in [3.63, 3.8) is 0 Å². The fourth-order valence-electron chi connectivity index (χ4n) is 19.3. The third-order valence-corrected chi connectivity index (χ3v) is 27.9. The van der Waals surface area contributed by atoms with Gasteiger partial charge in [0.1, 0.15) is 0 Å². The van der Waals surface area contributed by atoms with Gasteiger partial charge in [-0.05, 0) is 267 Å². The van der Waals surface area contributed by atoms with Gasteiger partial charge in [-0.25, -0.2) is 29.9 Å². The predicted octanol–water partition coefficient (Wildman–Crippen LogP) is 33.7. The van der Waals surface area contributed by atoms with Crippen LogP contribution in [0.3, 0.4) is 0 Å². The van der Waals surface area contributed by atoms with Crippen molar-refractivity contribution in [2.24, 2.45) is 0 Å². The number of nitrogens with zero attached hydrogens (tertiary/aromatic N) is 8. The van der Waals surface area contributed by atoms with E-state index >= 15 is 0 Å². The molecule has 0 unspecified atom stereocenters. The van der Waals surface area contributed by atoms with Gasteiger partial charge in [-0.2, -0.15) is 0 Å². The van der Waals surface area contributed by atoms with Crippen LogP contribution in [-0.2, 0) is 9.31 Å². The molecule has 1 aliphatic rings. The number of rotatable bonds is 18. The van der Waals surface area contributed by atoms with Crippen molar-refractivity contribution in [3.8, 4) is 180 Å². The molecule has 4 aromatic heterocycles. The van der Waals surface area contributed by atoms with Crippen molar-refractivity contribution in [3.05, 3.63) is 514 Å². The van der Waals surface area contributed by atoms with E-state index in [0.717, 1.165) is 110 Å². The lowest BCUT2D eigenvalue weighted by atomic mass is 9.78. The van der Waals surface area contributed by atoms with Gasteiger partial charge in [0.25, 0.3) is 0 Å². The molecule has 144 heavy (non-hydrogen) atoms. The Morgan fingerprint density at radius 3 is 0.688 bits per heavy atom. The molecular formula is C132H96BBrN8O2. The maximum Gasteiger partial charge on any atom is 0.494 e. The summed E-state index contributed by atoms with van der Waals surface area (Å²) in [5, 5.41) is 4.93. The Balaban J connectivity index is 0.000000131. The van der Waals surface area contributed by atoms with Crippen molar-refractivity contribution >= 4 is 72.1 Å². The highest BCUT2D eigenvalue weighted by molar-refractivity contribution is 9.10. The number of fused-ring (bicyclic) bond motifs is 6. The molecule has 686 valence electrons. The molecule has 0 saturated carbocycles. The molecule has 1 saturated heterocycles. The maximum absolute atomic E-state index is 6.38. The van der Waals surface area contributed by atoms with E-state index in [0.29, 0.717) is 34.9 Å². The molecule has 0 atom stereocenters. The van der Waals surface area contributed by atoms with Crippen LogP contribution in [-0.4, -0.2) is 57.4 Å². The Labute approximate surface area is 847 Å². The van der Waals surface area contributed by atoms with Crippen molar-refractivity contribution in [1.82, 2.24) is 39.0 Å². The fraction of sp³-hybridized carbons (Fsp3) is 0.0455. The van der Waals surface area contributed by atoms with E-state index < -0.39 is 18.3 Å². The number of benzene rings is 20. The van der Waals surface area contributed by atoms with E-state index in [4.69, 9.17) is 39.2 Å². The fourth-order valence-corrected chi connectivity index (χ4v) is 19.7. The molecule has 0 spiro atoms. The average Bonchev–Trinajstić information content (AvgIpc) is 1.58. The first-order valence-corrected chi connectivity index (χ1v) is 49.5. The van der Waals surface area contributed by atoms with E-state index in [1.807, 2.05) is 66.7 Å². The third-order valence-electron chi connectivity index (χ3n) is 27.4. The second-order valence-electron chi connectivity index (χ2n) is 37.3. The summed E-state index contributed by atoms with van der Waals surface area (Å²) in [6, 6.07) is 179. The Bertz CT molecular complexity index is 8670. The van der Waals surface area contributed by atoms with Gasteiger partial charge in [-0.1, -0.05) is 392 Å². The van der Waals surface area contributed by atoms with Gasteiger partial charge in [0.2, 0.25) is 0 Å². The van der Waals surface area contributed by atoms with Gasteiger partial charge in [0, 0.05) is 70.8 Å². The molecule has 5 heterocycles. The lowest BCUT2D eigenvalue weighted by molar-refractivity contribution is 0.00578. The zero-order chi connectivity index (χ0) is 97.0. The first kappa shape index (κ1) is 90.3. The van der Waals surface area contributed by atoms with E-state index in [1.165, 1.54) is 88.3 Å². The van der Waals surface area contributed by atoms with Gasteiger partial charge >= 0.3 is 7.12 Å². The van der Waals surface area contributed by atoms with Crippen LogP contribution in [0.15, 0.2) is 514 Å². The topological polar surface area (TPSA) is 106 Å². The number of para-hydroxylation sites is 2. The Morgan fingerprint density at radius 2 is 0.382 bits per heavy atom. The highest BCUT2D eigenvalue weighted by Gasteiger charge is 2.52. The molecule has 0 bridgehead atoms. The highest BCUT2D eigenvalue weighted by atomic mass is 79.9. The summed E-state index contributed by atoms with van der Waals surface area (Å²) >= 11 is 3.64. The molecule has 25 rings (SSSR count). The minimum absolute atomic E-state index is 0.442. The Kier molecular flexibility index (Phi) is 24.9. The lowest BCUT2D eigenvalue weighted by Gasteiger charge is -2.32. The number of hydrogen-bond acceptors (Lipinski definition) is 8. The minimum Gasteiger partial charge on any atom is -0.399 e. The summed E-state index contributed by atoms with van der Waals surface area (Å²) in [5.74, 6) is 3.65. The van der Waals surface area contributed by atoms with Crippen LogP contribution < -0.4 is 5.46 Å². The van der Waals surface area contributed by atoms with E-state index in [-0.39, 0.29) is 0 Å². The van der Waals surface area contributed by atoms with Gasteiger partial charge < -0.3 is 18.4 Å². The minimum atomic E-state index is -0.492. The second kappa shape index (κ2) is 39.6. The summed E-state index contributed by atoms with van der Waals surface area (Å²) in [5.41, 5.74) is 33.4. The Hall–Kier alpha value is -17.5. The van der Waals surface area contributed by atoms with Gasteiger partial charge in [-0.3, -0.25) is 0 Å². The smallest absolute Gasteiger partial charge is 0.399 e. The van der Waals surface area contributed by atoms with Gasteiger partial charge in [-0.15, -0.1) is 0 Å². The quantitative estimate of drug-likeness (QED) is 0.0782. The molecule has 10 nitrogen and oxygen atoms in total. The molecule has 0 amide bonds. The largest absolute Gasteiger partial charge is 0.494 e. The predicted molar refractivity (Wildman–Crippen MR) is 600 cm³/mol. The summed E-state index contributed by atoms with van der Waals surface area (Å²) in [6.07, 6.45) is 0. The molecule has 24 aromatic rings. The average molecular weight is 1920 g/mol. The Morgan fingerprint density at radius 1 is 0.181 bits per heavy atom. The zero-order valence-electron chi connectivity index (χ0n) is 79.8. The van der Waals surface area contributed by atoms with Crippen LogP contribution >= 0.6 is 15.9 Å². The van der Waals surface area contributed by atoms with Crippen LogP contribution in [0.4, 0.5) is 0 Å². The van der Waals surface area contributed by atoms with Gasteiger partial charge in [0.05, 0.1) is 33.3 Å². The van der Waals surface area contributed by atoms with Crippen LogP contribution in [0.2, 0.25) is 0 Å². The van der Waals surface area contributed by atoms with Crippen molar-refractivity contribution in [2.75, 3.05) is 0 Å². The third kappa shape index (κ3) is 18.8. The molecule has 0 radical (unpaired) electrons. The summed E-state index contributed by atoms with van der Waals surface area (Å²) < 4.78 is 18.6. The van der Waals surface area contributed by atoms with Crippen LogP contribution in [0.1, 0.15) is 27.7 Å². The summed E-state index contributed by atoms with van der Waals surface area (Å²) in [6.45, 7) is 8.26. The molecule has 1 fully saturated rings. The van der Waals surface area contributed by atoms with Crippen molar-refractivity contribution in [2.45, 2.75) is 38.9 Å². The molecule has 0 aliphatic carbocycles. The SMILES string of the molecule is Brc1ccc2c(c1)c1cc(-c3ccccc3)ccc1n2-c1ccccc1.CC1(C)OB(c2cccc(-c3nc(-c4ccccc4)nc(-c4cccc(-c5cc(-c6ccccc6)cc(-c6ccccc6)c5)c4)n3)c2)OC1(C)C.c1ccc(-c2cc(-c3ccccc3)cc(-c3cccc(-c4nc(-c5ccccc5)nc(-c5cccc(-c6ccc7c(c6)c6cc(-c8ccccc8)ccc6n7-c6ccccc6)c5)n4)c3)c2)cc1. The molecule has 12 heteroatoms. The number of hydrogen-bond donors (Lipinski definition) is 0. The van der Waals surface area contributed by atoms with E-state index in [2.05, 4.69) is 496 Å². The number of aromatic nitrogens is 8. The highest BCUT2D eigenvalue weighted by Crippen LogP contribution is 2.45. The molecule has 1 aliphatic heterocycles. The van der Waals surface area contributed by atoms with E-state index in [9.17, 15) is 0 Å². The first-order valence-electron chi connectivity index (χ1n) is 48.7. The molecular weight excluding hydrogens is 1820 g/mol. The summed E-state index contributed by atoms with van der Waals surface area (Å²) in [7, 11) is -0.492. The second-order valence-corrected chi connectivity index (χ2v) is 38.2. The van der Waals surface area contributed by atoms with Gasteiger partial charge in [0.15, 0.2) is 34.9 Å². The number of halogens is 1. The summed E-state index contributed by atoms with van der Waals surface area (Å²) in [4.78, 5) is 30.6. The molecule has 0 N–H and O–H groups in total. The van der Waals surface area contributed by atoms with Crippen molar-refractivity contribution < 1.29 is 9.31 Å². The monoisotopic (exact) mass is 1910 g/mol. The van der Waals surface area contributed by atoms with Crippen molar-refractivity contribution in [1.29, 1.82) is 0 Å². The van der Waals surface area contributed by atoms with E-state index in [1.54, 1.807) is 0 Å². The first-order chi connectivity index (χ1) is 70.7. The zero-order valence-corrected chi connectivity index (χ0v) is 81.4. The molecule has 20 aromatic carbocycles. The van der Waals surface area contributed by atoms with Crippen LogP contribution in [0, 0.1) is 0 Å². The maximum atomic E-state index is 6.38. The lowest BCUT2D eigenvalue weighted by Crippen LogP contribution is -2.41. The van der Waals surface area contributed by atoms with Crippen LogP contribution in [0.25, 0.3) is 223 Å². The van der Waals surface area contributed by atoms with Crippen LogP contribution in [0.5, 0.6) is 0 Å².